The van der Waals surface area contributed by atoms with Crippen LogP contribution in [-0.2, 0) is 9.84 Å². The first-order valence-electron chi connectivity index (χ1n) is 6.91. The monoisotopic (exact) mass is 351 g/mol. The van der Waals surface area contributed by atoms with Crippen molar-refractivity contribution in [3.8, 4) is 5.75 Å². The number of sulfone groups is 1. The minimum absolute atomic E-state index is 0.180. The highest BCUT2D eigenvalue weighted by atomic mass is 35.5. The molecule has 0 saturated heterocycles. The van der Waals surface area contributed by atoms with E-state index in [0.717, 1.165) is 6.26 Å². The predicted octanol–water partition coefficient (Wildman–Crippen LogP) is 2.78. The van der Waals surface area contributed by atoms with Crippen LogP contribution in [0.25, 0.3) is 0 Å². The van der Waals surface area contributed by atoms with Gasteiger partial charge in [-0.1, -0.05) is 17.7 Å². The Labute approximate surface area is 139 Å². The molecule has 0 aromatic heterocycles. The van der Waals surface area contributed by atoms with E-state index in [0.29, 0.717) is 35.2 Å². The second kappa shape index (κ2) is 5.86. The molecule has 2 aromatic carbocycles. The number of hydrogen-bond acceptors (Lipinski definition) is 4. The van der Waals surface area contributed by atoms with E-state index in [2.05, 4.69) is 0 Å². The summed E-state index contributed by atoms with van der Waals surface area (Å²) >= 11 is 6.10. The van der Waals surface area contributed by atoms with Gasteiger partial charge in [0.2, 0.25) is 0 Å². The minimum Gasteiger partial charge on any atom is -0.488 e. The Bertz CT molecular complexity index is 862. The molecule has 0 spiro atoms. The van der Waals surface area contributed by atoms with Gasteiger partial charge in [0.05, 0.1) is 22.2 Å². The summed E-state index contributed by atoms with van der Waals surface area (Å²) in [6.45, 7) is 0.754. The van der Waals surface area contributed by atoms with Gasteiger partial charge < -0.3 is 9.64 Å². The van der Waals surface area contributed by atoms with Crippen molar-refractivity contribution in [2.24, 2.45) is 0 Å². The molecule has 0 fully saturated rings. The van der Waals surface area contributed by atoms with Crippen molar-refractivity contribution in [1.82, 2.24) is 0 Å². The Balaban J connectivity index is 1.95. The van der Waals surface area contributed by atoms with Gasteiger partial charge >= 0.3 is 0 Å². The Morgan fingerprint density at radius 1 is 1.17 bits per heavy atom. The van der Waals surface area contributed by atoms with Gasteiger partial charge in [0.25, 0.3) is 5.91 Å². The summed E-state index contributed by atoms with van der Waals surface area (Å²) in [7, 11) is -3.29. The first-order valence-corrected chi connectivity index (χ1v) is 9.18. The van der Waals surface area contributed by atoms with E-state index < -0.39 is 9.84 Å². The molecule has 0 bridgehead atoms. The van der Waals surface area contributed by atoms with Crippen LogP contribution in [0.4, 0.5) is 5.69 Å². The normalized spacial score (nSPS) is 14.1. The van der Waals surface area contributed by atoms with Gasteiger partial charge in [0.1, 0.15) is 6.61 Å². The standard InChI is InChI=1S/C16H14ClNO4S/c1-23(20,21)12-7-5-11(6-8-12)16(19)18-9-10-22-15-13(17)3-2-4-14(15)18/h2-8H,9-10H2,1H3. The van der Waals surface area contributed by atoms with Crippen LogP contribution < -0.4 is 9.64 Å². The summed E-state index contributed by atoms with van der Waals surface area (Å²) in [6.07, 6.45) is 1.13. The Morgan fingerprint density at radius 2 is 1.87 bits per heavy atom. The largest absolute Gasteiger partial charge is 0.488 e. The van der Waals surface area contributed by atoms with Gasteiger partial charge in [0, 0.05) is 11.8 Å². The summed E-state index contributed by atoms with van der Waals surface area (Å²) in [5.74, 6) is 0.262. The number of anilines is 1. The first kappa shape index (κ1) is 15.8. The van der Waals surface area contributed by atoms with Gasteiger partial charge in [-0.05, 0) is 36.4 Å². The molecule has 120 valence electrons. The molecule has 1 aliphatic rings. The predicted molar refractivity (Wildman–Crippen MR) is 88.2 cm³/mol. The molecule has 0 atom stereocenters. The molecule has 2 aromatic rings. The molecule has 1 amide bonds. The van der Waals surface area contributed by atoms with Crippen LogP contribution in [0.1, 0.15) is 10.4 Å². The lowest BCUT2D eigenvalue weighted by Crippen LogP contribution is -2.38. The fraction of sp³-hybridized carbons (Fsp3) is 0.188. The highest BCUT2D eigenvalue weighted by Gasteiger charge is 2.26. The lowest BCUT2D eigenvalue weighted by atomic mass is 10.1. The Hall–Kier alpha value is -2.05. The molecule has 7 heteroatoms. The van der Waals surface area contributed by atoms with E-state index in [4.69, 9.17) is 16.3 Å². The molecule has 0 unspecified atom stereocenters. The van der Waals surface area contributed by atoms with Gasteiger partial charge in [-0.2, -0.15) is 0 Å². The lowest BCUT2D eigenvalue weighted by Gasteiger charge is -2.30. The number of nitrogens with zero attached hydrogens (tertiary/aromatic N) is 1. The summed E-state index contributed by atoms with van der Waals surface area (Å²) in [5, 5.41) is 0.451. The molecule has 3 rings (SSSR count). The van der Waals surface area contributed by atoms with Crippen molar-refractivity contribution in [1.29, 1.82) is 0 Å². The summed E-state index contributed by atoms with van der Waals surface area (Å²) in [4.78, 5) is 14.5. The van der Waals surface area contributed by atoms with E-state index in [1.807, 2.05) is 0 Å². The molecular formula is C16H14ClNO4S. The summed E-state index contributed by atoms with van der Waals surface area (Å²) < 4.78 is 28.5. The fourth-order valence-corrected chi connectivity index (χ4v) is 3.28. The number of carbonyl (C=O) groups excluding carboxylic acids is 1. The Morgan fingerprint density at radius 3 is 2.52 bits per heavy atom. The molecule has 0 aliphatic carbocycles. The zero-order chi connectivity index (χ0) is 16.6. The van der Waals surface area contributed by atoms with Crippen molar-refractivity contribution in [3.05, 3.63) is 53.1 Å². The van der Waals surface area contributed by atoms with Crippen molar-refractivity contribution in [2.45, 2.75) is 4.90 Å². The zero-order valence-corrected chi connectivity index (χ0v) is 13.9. The number of ether oxygens (including phenoxy) is 1. The number of benzene rings is 2. The average Bonchev–Trinajstić information content (AvgIpc) is 2.53. The van der Waals surface area contributed by atoms with Crippen LogP contribution in [0, 0.1) is 0 Å². The number of amides is 1. The lowest BCUT2D eigenvalue weighted by molar-refractivity contribution is 0.0976. The maximum Gasteiger partial charge on any atom is 0.258 e. The van der Waals surface area contributed by atoms with E-state index in [1.54, 1.807) is 23.1 Å². The molecular weight excluding hydrogens is 338 g/mol. The van der Waals surface area contributed by atoms with E-state index in [-0.39, 0.29) is 10.8 Å². The van der Waals surface area contributed by atoms with Crippen LogP contribution in [-0.4, -0.2) is 33.7 Å². The van der Waals surface area contributed by atoms with Crippen molar-refractivity contribution >= 4 is 33.0 Å². The topological polar surface area (TPSA) is 63.7 Å². The van der Waals surface area contributed by atoms with Crippen LogP contribution in [0.3, 0.4) is 0 Å². The average molecular weight is 352 g/mol. The van der Waals surface area contributed by atoms with Crippen LogP contribution in [0.5, 0.6) is 5.75 Å². The molecule has 1 aliphatic heterocycles. The molecule has 5 nitrogen and oxygen atoms in total. The van der Waals surface area contributed by atoms with Crippen LogP contribution in [0.2, 0.25) is 5.02 Å². The SMILES string of the molecule is CS(=O)(=O)c1ccc(C(=O)N2CCOc3c(Cl)cccc32)cc1. The molecule has 0 radical (unpaired) electrons. The molecule has 0 N–H and O–H groups in total. The van der Waals surface area contributed by atoms with Gasteiger partial charge in [0.15, 0.2) is 15.6 Å². The smallest absolute Gasteiger partial charge is 0.258 e. The van der Waals surface area contributed by atoms with E-state index in [1.165, 1.54) is 24.3 Å². The highest BCUT2D eigenvalue weighted by Crippen LogP contribution is 2.38. The van der Waals surface area contributed by atoms with Gasteiger partial charge in [-0.3, -0.25) is 4.79 Å². The fourth-order valence-electron chi connectivity index (χ4n) is 2.42. The number of hydrogen-bond donors (Lipinski definition) is 0. The second-order valence-electron chi connectivity index (χ2n) is 5.19. The van der Waals surface area contributed by atoms with Crippen molar-refractivity contribution in [3.63, 3.8) is 0 Å². The Kier molecular flexibility index (Phi) is 4.04. The zero-order valence-electron chi connectivity index (χ0n) is 12.3. The quantitative estimate of drug-likeness (QED) is 0.834. The number of halogens is 1. The van der Waals surface area contributed by atoms with Gasteiger partial charge in [-0.25, -0.2) is 8.42 Å². The highest BCUT2D eigenvalue weighted by molar-refractivity contribution is 7.90. The number of para-hydroxylation sites is 1. The molecule has 0 saturated carbocycles. The van der Waals surface area contributed by atoms with Crippen LogP contribution >= 0.6 is 11.6 Å². The summed E-state index contributed by atoms with van der Waals surface area (Å²) in [6, 6.07) is 11.1. The number of carbonyl (C=O) groups is 1. The third-order valence-electron chi connectivity index (χ3n) is 3.57. The van der Waals surface area contributed by atoms with Crippen molar-refractivity contribution < 1.29 is 17.9 Å². The second-order valence-corrected chi connectivity index (χ2v) is 7.61. The van der Waals surface area contributed by atoms with Crippen LogP contribution in [0.15, 0.2) is 47.4 Å². The first-order chi connectivity index (χ1) is 10.9. The maximum atomic E-state index is 12.7. The van der Waals surface area contributed by atoms with E-state index >= 15 is 0 Å². The van der Waals surface area contributed by atoms with E-state index in [9.17, 15) is 13.2 Å². The molecule has 1 heterocycles. The van der Waals surface area contributed by atoms with Crippen molar-refractivity contribution in [2.75, 3.05) is 24.3 Å². The maximum absolute atomic E-state index is 12.7. The third kappa shape index (κ3) is 3.04. The number of rotatable bonds is 2. The van der Waals surface area contributed by atoms with Gasteiger partial charge in [-0.15, -0.1) is 0 Å². The third-order valence-corrected chi connectivity index (χ3v) is 5.00. The minimum atomic E-state index is -3.29. The summed E-state index contributed by atoms with van der Waals surface area (Å²) in [5.41, 5.74) is 1.02. The number of fused-ring (bicyclic) bond motifs is 1. The molecule has 23 heavy (non-hydrogen) atoms.